The smallest absolute Gasteiger partial charge is 0.193 e. The van der Waals surface area contributed by atoms with Crippen LogP contribution in [-0.2, 0) is 4.74 Å². The van der Waals surface area contributed by atoms with Crippen molar-refractivity contribution in [3.8, 4) is 0 Å². The third kappa shape index (κ3) is 5.67. The monoisotopic (exact) mass is 486 g/mol. The van der Waals surface area contributed by atoms with E-state index >= 15 is 0 Å². The molecule has 2 heterocycles. The van der Waals surface area contributed by atoms with Gasteiger partial charge in [-0.25, -0.2) is 0 Å². The van der Waals surface area contributed by atoms with E-state index < -0.39 is 0 Å². The molecule has 1 fully saturated rings. The molecule has 7 heteroatoms. The minimum Gasteiger partial charge on any atom is -0.379 e. The van der Waals surface area contributed by atoms with E-state index in [4.69, 9.17) is 10.5 Å². The van der Waals surface area contributed by atoms with Gasteiger partial charge in [0.2, 0.25) is 0 Å². The molecule has 5 nitrogen and oxygen atoms in total. The zero-order valence-electron chi connectivity index (χ0n) is 15.3. The highest BCUT2D eigenvalue weighted by Gasteiger charge is 2.23. The fraction of sp³-hybridized carbons (Fsp3) is 0.421. The van der Waals surface area contributed by atoms with E-state index in [0.29, 0.717) is 12.5 Å². The van der Waals surface area contributed by atoms with Crippen LogP contribution in [0.15, 0.2) is 40.7 Å². The van der Waals surface area contributed by atoms with Crippen molar-refractivity contribution in [2.24, 2.45) is 10.7 Å². The first-order chi connectivity index (χ1) is 12.1. The van der Waals surface area contributed by atoms with E-state index in [-0.39, 0.29) is 30.0 Å². The molecule has 142 valence electrons. The Morgan fingerprint density at radius 1 is 1.27 bits per heavy atom. The number of nitrogens with zero attached hydrogens (tertiary/aromatic N) is 2. The van der Waals surface area contributed by atoms with Gasteiger partial charge in [-0.3, -0.25) is 9.89 Å². The Morgan fingerprint density at radius 2 is 2.04 bits per heavy atom. The van der Waals surface area contributed by atoms with Crippen LogP contribution in [0.5, 0.6) is 0 Å². The van der Waals surface area contributed by atoms with E-state index in [9.17, 15) is 0 Å². The second-order valence-corrected chi connectivity index (χ2v) is 7.31. The maximum Gasteiger partial charge on any atom is 0.193 e. The second kappa shape index (κ2) is 10.2. The van der Waals surface area contributed by atoms with Crippen LogP contribution in [-0.4, -0.2) is 43.7 Å². The maximum absolute atomic E-state index is 6.12. The third-order valence-corrected chi connectivity index (χ3v) is 5.55. The lowest BCUT2D eigenvalue weighted by atomic mass is 10.1. The van der Waals surface area contributed by atoms with Crippen LogP contribution in [0.25, 0.3) is 0 Å². The number of nitrogens with one attached hydrogen (secondary N) is 1. The molecule has 0 bridgehead atoms. The minimum atomic E-state index is 0. The van der Waals surface area contributed by atoms with Gasteiger partial charge in [-0.05, 0) is 48.6 Å². The van der Waals surface area contributed by atoms with E-state index in [0.717, 1.165) is 32.0 Å². The summed E-state index contributed by atoms with van der Waals surface area (Å²) in [5.41, 5.74) is 9.61. The van der Waals surface area contributed by atoms with Crippen molar-refractivity contribution in [2.75, 3.05) is 38.2 Å². The molecular formula is C19H27IN4OS. The molecule has 0 saturated carbocycles. The van der Waals surface area contributed by atoms with Crippen LogP contribution in [0.2, 0.25) is 0 Å². The molecular weight excluding hydrogens is 459 g/mol. The summed E-state index contributed by atoms with van der Waals surface area (Å²) in [5, 5.41) is 5.32. The molecule has 1 unspecified atom stereocenters. The number of rotatable bonds is 5. The molecule has 0 amide bonds. The Bertz CT molecular complexity index is 714. The molecule has 3 N–H and O–H groups in total. The summed E-state index contributed by atoms with van der Waals surface area (Å²) in [5.74, 6) is 0.457. The van der Waals surface area contributed by atoms with Crippen LogP contribution < -0.4 is 11.1 Å². The van der Waals surface area contributed by atoms with Crippen LogP contribution in [0, 0.1) is 13.8 Å². The normalized spacial score (nSPS) is 16.8. The zero-order chi connectivity index (χ0) is 17.6. The van der Waals surface area contributed by atoms with Gasteiger partial charge in [0.05, 0.1) is 25.8 Å². The predicted molar refractivity (Wildman–Crippen MR) is 121 cm³/mol. The fourth-order valence-electron chi connectivity index (χ4n) is 2.95. The first-order valence-electron chi connectivity index (χ1n) is 8.63. The van der Waals surface area contributed by atoms with E-state index in [2.05, 4.69) is 58.7 Å². The number of halogens is 1. The molecule has 1 atom stereocenters. The van der Waals surface area contributed by atoms with Gasteiger partial charge in [0.1, 0.15) is 0 Å². The van der Waals surface area contributed by atoms with E-state index in [1.54, 1.807) is 11.3 Å². The van der Waals surface area contributed by atoms with Crippen molar-refractivity contribution in [3.63, 3.8) is 0 Å². The lowest BCUT2D eigenvalue weighted by Crippen LogP contribution is -2.40. The van der Waals surface area contributed by atoms with Gasteiger partial charge in [0, 0.05) is 23.7 Å². The summed E-state index contributed by atoms with van der Waals surface area (Å²) in [6.07, 6.45) is 0. The number of thiophene rings is 1. The van der Waals surface area contributed by atoms with Crippen molar-refractivity contribution in [1.82, 2.24) is 4.90 Å². The second-order valence-electron chi connectivity index (χ2n) is 6.33. The number of ether oxygens (including phenoxy) is 1. The first kappa shape index (κ1) is 21.1. The molecule has 0 aliphatic carbocycles. The molecule has 2 aromatic rings. The molecule has 1 aliphatic rings. The lowest BCUT2D eigenvalue weighted by molar-refractivity contribution is 0.0187. The third-order valence-electron chi connectivity index (χ3n) is 4.57. The Balaban J connectivity index is 0.00000243. The van der Waals surface area contributed by atoms with Gasteiger partial charge in [-0.15, -0.1) is 35.3 Å². The number of anilines is 1. The summed E-state index contributed by atoms with van der Waals surface area (Å²) >= 11 is 1.77. The van der Waals surface area contributed by atoms with Crippen LogP contribution in [0.4, 0.5) is 5.69 Å². The number of hydrogen-bond acceptors (Lipinski definition) is 4. The predicted octanol–water partition coefficient (Wildman–Crippen LogP) is 3.78. The molecule has 3 rings (SSSR count). The van der Waals surface area contributed by atoms with Gasteiger partial charge in [-0.2, -0.15) is 0 Å². The fourth-order valence-corrected chi connectivity index (χ4v) is 3.80. The van der Waals surface area contributed by atoms with Crippen LogP contribution in [0.1, 0.15) is 22.0 Å². The molecule has 1 saturated heterocycles. The zero-order valence-corrected chi connectivity index (χ0v) is 18.4. The topological polar surface area (TPSA) is 62.9 Å². The van der Waals surface area contributed by atoms with Crippen LogP contribution >= 0.6 is 35.3 Å². The Morgan fingerprint density at radius 3 is 2.69 bits per heavy atom. The summed E-state index contributed by atoms with van der Waals surface area (Å²) < 4.78 is 5.48. The summed E-state index contributed by atoms with van der Waals surface area (Å²) in [7, 11) is 0. The summed E-state index contributed by atoms with van der Waals surface area (Å²) in [6.45, 7) is 8.27. The van der Waals surface area contributed by atoms with Crippen molar-refractivity contribution < 1.29 is 4.74 Å². The summed E-state index contributed by atoms with van der Waals surface area (Å²) in [4.78, 5) is 8.37. The minimum absolute atomic E-state index is 0. The Kier molecular flexibility index (Phi) is 8.33. The maximum atomic E-state index is 6.12. The van der Waals surface area contributed by atoms with Crippen molar-refractivity contribution in [3.05, 3.63) is 51.7 Å². The largest absolute Gasteiger partial charge is 0.379 e. The summed E-state index contributed by atoms with van der Waals surface area (Å²) in [6, 6.07) is 10.7. The van der Waals surface area contributed by atoms with Gasteiger partial charge in [-0.1, -0.05) is 12.1 Å². The molecule has 0 spiro atoms. The van der Waals surface area contributed by atoms with E-state index in [1.807, 2.05) is 6.07 Å². The Labute approximate surface area is 176 Å². The van der Waals surface area contributed by atoms with Crippen LogP contribution in [0.3, 0.4) is 0 Å². The molecule has 1 aromatic carbocycles. The number of aliphatic imine (C=N–C) groups is 1. The highest BCUT2D eigenvalue weighted by atomic mass is 127. The van der Waals surface area contributed by atoms with Crippen molar-refractivity contribution in [1.29, 1.82) is 0 Å². The first-order valence-corrected chi connectivity index (χ1v) is 9.51. The molecule has 1 aromatic heterocycles. The molecule has 1 aliphatic heterocycles. The van der Waals surface area contributed by atoms with E-state index in [1.165, 1.54) is 16.0 Å². The lowest BCUT2D eigenvalue weighted by Gasteiger charge is -2.33. The quantitative estimate of drug-likeness (QED) is 0.384. The highest BCUT2D eigenvalue weighted by Crippen LogP contribution is 2.26. The molecule has 26 heavy (non-hydrogen) atoms. The molecule has 0 radical (unpaired) electrons. The van der Waals surface area contributed by atoms with Gasteiger partial charge >= 0.3 is 0 Å². The number of morpholine rings is 1. The van der Waals surface area contributed by atoms with Gasteiger partial charge in [0.15, 0.2) is 5.96 Å². The van der Waals surface area contributed by atoms with Gasteiger partial charge < -0.3 is 15.8 Å². The van der Waals surface area contributed by atoms with Crippen molar-refractivity contribution in [2.45, 2.75) is 19.9 Å². The highest BCUT2D eigenvalue weighted by molar-refractivity contribution is 14.0. The number of guanidine groups is 1. The standard InChI is InChI=1S/C19H26N4OS.HI/c1-14-5-6-16(12-15(14)2)22-19(20)21-13-17(18-4-3-11-25-18)23-7-9-24-10-8-23;/h3-6,11-12,17H,7-10,13H2,1-2H3,(H3,20,21,22);1H. The number of hydrogen-bond donors (Lipinski definition) is 2. The average molecular weight is 486 g/mol. The van der Waals surface area contributed by atoms with Crippen molar-refractivity contribution >= 4 is 47.0 Å². The SMILES string of the molecule is Cc1ccc(NC(N)=NCC(c2cccs2)N2CCOCC2)cc1C.I. The number of nitrogens with two attached hydrogens (primary N) is 1. The number of benzene rings is 1. The Hall–Kier alpha value is -1.16. The van der Waals surface area contributed by atoms with Gasteiger partial charge in [0.25, 0.3) is 0 Å². The average Bonchev–Trinajstić information content (AvgIpc) is 3.14. The number of aryl methyl sites for hydroxylation is 2.